The van der Waals surface area contributed by atoms with E-state index in [4.69, 9.17) is 4.74 Å². The molecule has 0 bridgehead atoms. The monoisotopic (exact) mass is 332 g/mol. The predicted octanol–water partition coefficient (Wildman–Crippen LogP) is 2.36. The number of amides is 1. The van der Waals surface area contributed by atoms with E-state index < -0.39 is 27.3 Å². The molecular formula is C14H21FN2O4S. The maximum atomic E-state index is 13.6. The van der Waals surface area contributed by atoms with Crippen LogP contribution < -0.4 is 4.72 Å². The molecule has 0 aliphatic heterocycles. The number of sulfonamides is 1. The van der Waals surface area contributed by atoms with E-state index >= 15 is 0 Å². The molecule has 0 aliphatic rings. The largest absolute Gasteiger partial charge is 0.481 e. The minimum Gasteiger partial charge on any atom is -0.481 e. The van der Waals surface area contributed by atoms with Crippen molar-refractivity contribution in [2.24, 2.45) is 4.99 Å². The van der Waals surface area contributed by atoms with Gasteiger partial charge in [0.2, 0.25) is 10.0 Å². The highest BCUT2D eigenvalue weighted by Crippen LogP contribution is 2.16. The first-order chi connectivity index (χ1) is 10.3. The van der Waals surface area contributed by atoms with Gasteiger partial charge in [-0.05, 0) is 32.2 Å². The standard InChI is InChI=1S/C12H15FN2O4S.C2H6/c1-4-19-8(2)15-12(16)10-7-9(5-6-11(10)13)20(17,18)14-3;1-2/h5-7,14H,4H2,1-3H3;1-2H3. The number of benzene rings is 1. The third-order valence-corrected chi connectivity index (χ3v) is 3.77. The number of carbonyl (C=O) groups is 1. The Morgan fingerprint density at radius 3 is 2.45 bits per heavy atom. The molecule has 1 aromatic carbocycles. The Kier molecular flexibility index (Phi) is 8.51. The number of hydrogen-bond acceptors (Lipinski definition) is 4. The summed E-state index contributed by atoms with van der Waals surface area (Å²) in [6, 6.07) is 2.91. The number of hydrogen-bond donors (Lipinski definition) is 1. The summed E-state index contributed by atoms with van der Waals surface area (Å²) in [5.41, 5.74) is -0.430. The van der Waals surface area contributed by atoms with Crippen molar-refractivity contribution in [1.82, 2.24) is 4.72 Å². The predicted molar refractivity (Wildman–Crippen MR) is 83.1 cm³/mol. The van der Waals surface area contributed by atoms with Crippen LogP contribution >= 0.6 is 0 Å². The van der Waals surface area contributed by atoms with Crippen molar-refractivity contribution in [3.05, 3.63) is 29.6 Å². The van der Waals surface area contributed by atoms with Gasteiger partial charge in [-0.25, -0.2) is 17.5 Å². The van der Waals surface area contributed by atoms with Crippen LogP contribution in [-0.4, -0.2) is 33.9 Å². The Balaban J connectivity index is 0.00000211. The molecule has 124 valence electrons. The lowest BCUT2D eigenvalue weighted by molar-refractivity contribution is 0.0995. The highest BCUT2D eigenvalue weighted by atomic mass is 32.2. The van der Waals surface area contributed by atoms with Gasteiger partial charge in [0, 0.05) is 6.92 Å². The molecule has 0 saturated heterocycles. The number of ether oxygens (including phenoxy) is 1. The number of carbonyl (C=O) groups excluding carboxylic acids is 1. The van der Waals surface area contributed by atoms with E-state index in [0.29, 0.717) is 6.61 Å². The van der Waals surface area contributed by atoms with Crippen molar-refractivity contribution in [2.75, 3.05) is 13.7 Å². The van der Waals surface area contributed by atoms with Crippen LogP contribution in [0.4, 0.5) is 4.39 Å². The number of nitrogens with one attached hydrogen (secondary N) is 1. The maximum Gasteiger partial charge on any atom is 0.282 e. The zero-order valence-electron chi connectivity index (χ0n) is 13.3. The van der Waals surface area contributed by atoms with E-state index in [1.807, 2.05) is 13.8 Å². The number of halogens is 1. The molecule has 1 rings (SSSR count). The molecule has 1 N–H and O–H groups in total. The molecule has 0 fully saturated rings. The van der Waals surface area contributed by atoms with Gasteiger partial charge in [-0.3, -0.25) is 4.79 Å². The van der Waals surface area contributed by atoms with Crippen molar-refractivity contribution in [2.45, 2.75) is 32.6 Å². The van der Waals surface area contributed by atoms with Gasteiger partial charge < -0.3 is 4.74 Å². The van der Waals surface area contributed by atoms with Crippen LogP contribution in [0.25, 0.3) is 0 Å². The molecular weight excluding hydrogens is 311 g/mol. The van der Waals surface area contributed by atoms with Crippen LogP contribution in [0.3, 0.4) is 0 Å². The Labute approximate surface area is 130 Å². The molecule has 1 amide bonds. The SMILES string of the molecule is CC.CCOC(C)=NC(=O)c1cc(S(=O)(=O)NC)ccc1F. The van der Waals surface area contributed by atoms with Gasteiger partial charge in [0.15, 0.2) is 5.90 Å². The van der Waals surface area contributed by atoms with Crippen molar-refractivity contribution >= 4 is 21.8 Å². The van der Waals surface area contributed by atoms with E-state index in [0.717, 1.165) is 18.2 Å². The molecule has 8 heteroatoms. The van der Waals surface area contributed by atoms with Gasteiger partial charge in [-0.15, -0.1) is 0 Å². The van der Waals surface area contributed by atoms with E-state index in [2.05, 4.69) is 9.71 Å². The lowest BCUT2D eigenvalue weighted by atomic mass is 10.2. The average Bonchev–Trinajstić information content (AvgIpc) is 2.49. The van der Waals surface area contributed by atoms with E-state index in [-0.39, 0.29) is 10.8 Å². The first-order valence-corrected chi connectivity index (χ1v) is 8.25. The fourth-order valence-electron chi connectivity index (χ4n) is 1.40. The van der Waals surface area contributed by atoms with Crippen molar-refractivity contribution in [3.63, 3.8) is 0 Å². The number of rotatable bonds is 4. The van der Waals surface area contributed by atoms with Gasteiger partial charge >= 0.3 is 0 Å². The highest BCUT2D eigenvalue weighted by Gasteiger charge is 2.18. The van der Waals surface area contributed by atoms with Crippen LogP contribution in [0.5, 0.6) is 0 Å². The average molecular weight is 332 g/mol. The van der Waals surface area contributed by atoms with Crippen molar-refractivity contribution < 1.29 is 22.3 Å². The van der Waals surface area contributed by atoms with E-state index in [1.165, 1.54) is 14.0 Å². The second kappa shape index (κ2) is 9.26. The summed E-state index contributed by atoms with van der Waals surface area (Å²) in [5, 5.41) is 0. The Morgan fingerprint density at radius 2 is 1.95 bits per heavy atom. The molecule has 0 atom stereocenters. The fourth-order valence-corrected chi connectivity index (χ4v) is 2.15. The fraction of sp³-hybridized carbons (Fsp3) is 0.429. The summed E-state index contributed by atoms with van der Waals surface area (Å²) in [4.78, 5) is 15.1. The molecule has 0 heterocycles. The first kappa shape index (κ1) is 20.2. The minimum absolute atomic E-state index is 0.0822. The molecule has 6 nitrogen and oxygen atoms in total. The van der Waals surface area contributed by atoms with Crippen LogP contribution in [0.15, 0.2) is 28.1 Å². The third kappa shape index (κ3) is 5.53. The van der Waals surface area contributed by atoms with Crippen molar-refractivity contribution in [3.8, 4) is 0 Å². The maximum absolute atomic E-state index is 13.6. The van der Waals surface area contributed by atoms with Crippen LogP contribution in [0.2, 0.25) is 0 Å². The molecule has 0 saturated carbocycles. The van der Waals surface area contributed by atoms with Crippen LogP contribution in [0, 0.1) is 5.82 Å². The second-order valence-corrected chi connectivity index (χ2v) is 5.60. The normalized spacial score (nSPS) is 11.5. The van der Waals surface area contributed by atoms with Crippen molar-refractivity contribution in [1.29, 1.82) is 0 Å². The molecule has 0 unspecified atom stereocenters. The van der Waals surface area contributed by atoms with Gasteiger partial charge in [0.25, 0.3) is 5.91 Å². The highest BCUT2D eigenvalue weighted by molar-refractivity contribution is 7.89. The topological polar surface area (TPSA) is 84.8 Å². The van der Waals surface area contributed by atoms with E-state index in [9.17, 15) is 17.6 Å². The summed E-state index contributed by atoms with van der Waals surface area (Å²) in [7, 11) is -2.54. The molecule has 0 radical (unpaired) electrons. The molecule has 0 aliphatic carbocycles. The summed E-state index contributed by atoms with van der Waals surface area (Å²) >= 11 is 0. The number of aliphatic imine (C=N–C) groups is 1. The Morgan fingerprint density at radius 1 is 1.36 bits per heavy atom. The summed E-state index contributed by atoms with van der Waals surface area (Å²) in [6.07, 6.45) is 0. The number of nitrogens with zero attached hydrogens (tertiary/aromatic N) is 1. The van der Waals surface area contributed by atoms with Gasteiger partial charge in [-0.2, -0.15) is 4.99 Å². The zero-order valence-corrected chi connectivity index (χ0v) is 14.1. The Bertz CT molecular complexity index is 642. The van der Waals surface area contributed by atoms with Gasteiger partial charge in [0.05, 0.1) is 17.1 Å². The van der Waals surface area contributed by atoms with Crippen LogP contribution in [-0.2, 0) is 14.8 Å². The van der Waals surface area contributed by atoms with Gasteiger partial charge in [0.1, 0.15) is 5.82 Å². The van der Waals surface area contributed by atoms with E-state index in [1.54, 1.807) is 6.92 Å². The first-order valence-electron chi connectivity index (χ1n) is 6.77. The second-order valence-electron chi connectivity index (χ2n) is 3.72. The quantitative estimate of drug-likeness (QED) is 0.677. The van der Waals surface area contributed by atoms with Gasteiger partial charge in [-0.1, -0.05) is 13.8 Å². The summed E-state index contributed by atoms with van der Waals surface area (Å²) in [6.45, 7) is 7.48. The lowest BCUT2D eigenvalue weighted by Crippen LogP contribution is -2.19. The van der Waals surface area contributed by atoms with Crippen LogP contribution in [0.1, 0.15) is 38.1 Å². The zero-order chi connectivity index (χ0) is 17.3. The Hall–Kier alpha value is -1.80. The third-order valence-electron chi connectivity index (χ3n) is 2.36. The molecule has 1 aromatic rings. The molecule has 0 spiro atoms. The smallest absolute Gasteiger partial charge is 0.282 e. The minimum atomic E-state index is -3.76. The molecule has 0 aromatic heterocycles. The lowest BCUT2D eigenvalue weighted by Gasteiger charge is -2.05. The summed E-state index contributed by atoms with van der Waals surface area (Å²) in [5.74, 6) is -1.67. The summed E-state index contributed by atoms with van der Waals surface area (Å²) < 4.78 is 43.9. The molecule has 22 heavy (non-hydrogen) atoms.